The highest BCUT2D eigenvalue weighted by Gasteiger charge is 2.33. The lowest BCUT2D eigenvalue weighted by molar-refractivity contribution is -0.137. The lowest BCUT2D eigenvalue weighted by atomic mass is 10.1. The van der Waals surface area contributed by atoms with Gasteiger partial charge >= 0.3 is 0 Å². The molecule has 2 fully saturated rings. The largest absolute Gasteiger partial charge is 0.487 e. The van der Waals surface area contributed by atoms with E-state index in [4.69, 9.17) is 10.5 Å². The third-order valence-electron chi connectivity index (χ3n) is 5.01. The molecule has 1 aromatic heterocycles. The second kappa shape index (κ2) is 8.61. The van der Waals surface area contributed by atoms with Gasteiger partial charge in [-0.1, -0.05) is 12.6 Å². The highest BCUT2D eigenvalue weighted by Crippen LogP contribution is 2.31. The van der Waals surface area contributed by atoms with Crippen molar-refractivity contribution in [2.75, 3.05) is 23.7 Å². The summed E-state index contributed by atoms with van der Waals surface area (Å²) in [6.07, 6.45) is 1.40. The number of carbonyl (C=O) groups excluding carboxylic acids is 3. The smallest absolute Gasteiger partial charge is 0.282 e. The Kier molecular flexibility index (Phi) is 5.71. The van der Waals surface area contributed by atoms with Gasteiger partial charge in [0.1, 0.15) is 11.9 Å². The van der Waals surface area contributed by atoms with Gasteiger partial charge in [-0.15, -0.1) is 10.2 Å². The number of benzene rings is 1. The molecule has 10 nitrogen and oxygen atoms in total. The van der Waals surface area contributed by atoms with Crippen molar-refractivity contribution in [3.8, 4) is 5.75 Å². The molecule has 3 amide bonds. The van der Waals surface area contributed by atoms with Crippen LogP contribution in [0.5, 0.6) is 5.75 Å². The van der Waals surface area contributed by atoms with Crippen LogP contribution < -0.4 is 21.1 Å². The summed E-state index contributed by atoms with van der Waals surface area (Å²) in [5.74, 6) is -1.96. The van der Waals surface area contributed by atoms with E-state index in [9.17, 15) is 18.8 Å². The average Bonchev–Trinajstić information content (AvgIpc) is 3.55. The monoisotopic (exact) mass is 440 g/mol. The maximum Gasteiger partial charge on any atom is 0.282 e. The summed E-state index contributed by atoms with van der Waals surface area (Å²) < 4.78 is 18.7. The molecule has 166 valence electrons. The molecule has 2 heterocycles. The summed E-state index contributed by atoms with van der Waals surface area (Å²) in [5, 5.41) is 13.4. The first-order chi connectivity index (χ1) is 15.3. The molecule has 11 heteroatoms. The van der Waals surface area contributed by atoms with Crippen LogP contribution in [-0.4, -0.2) is 52.0 Å². The molecule has 0 atom stereocenters. The van der Waals surface area contributed by atoms with E-state index < -0.39 is 17.6 Å². The van der Waals surface area contributed by atoms with E-state index in [1.807, 2.05) is 0 Å². The van der Waals surface area contributed by atoms with E-state index in [0.717, 1.165) is 12.8 Å². The number of hydrogen-bond donors (Lipinski definition) is 3. The van der Waals surface area contributed by atoms with Crippen LogP contribution >= 0.6 is 0 Å². The molecular formula is C21H21FN6O4. The van der Waals surface area contributed by atoms with Crippen molar-refractivity contribution >= 4 is 34.9 Å². The Hall–Kier alpha value is -4.02. The third-order valence-corrected chi connectivity index (χ3v) is 5.01. The highest BCUT2D eigenvalue weighted by atomic mass is 19.1. The molecule has 32 heavy (non-hydrogen) atoms. The number of primary amides is 1. The fourth-order valence-corrected chi connectivity index (χ4v) is 3.15. The summed E-state index contributed by atoms with van der Waals surface area (Å²) in [4.78, 5) is 36.6. The van der Waals surface area contributed by atoms with Crippen molar-refractivity contribution in [3.05, 3.63) is 48.4 Å². The van der Waals surface area contributed by atoms with Crippen LogP contribution in [-0.2, 0) is 9.59 Å². The number of nitrogens with zero attached hydrogens (tertiary/aromatic N) is 3. The molecule has 4 rings (SSSR count). The van der Waals surface area contributed by atoms with E-state index in [-0.39, 0.29) is 48.2 Å². The summed E-state index contributed by atoms with van der Waals surface area (Å²) in [7, 11) is 0. The Labute approximate surface area is 182 Å². The molecule has 0 bridgehead atoms. The molecule has 1 aliphatic heterocycles. The minimum atomic E-state index is -1.00. The number of amides is 3. The quantitative estimate of drug-likeness (QED) is 0.531. The van der Waals surface area contributed by atoms with Crippen molar-refractivity contribution in [1.82, 2.24) is 15.1 Å². The first kappa shape index (κ1) is 21.2. The van der Waals surface area contributed by atoms with E-state index >= 15 is 0 Å². The first-order valence-corrected chi connectivity index (χ1v) is 9.96. The van der Waals surface area contributed by atoms with Crippen LogP contribution in [0, 0.1) is 5.92 Å². The number of rotatable bonds is 8. The Morgan fingerprint density at radius 3 is 2.59 bits per heavy atom. The number of hydrogen-bond acceptors (Lipinski definition) is 7. The molecule has 1 aliphatic carbocycles. The fraction of sp³-hybridized carbons (Fsp3) is 0.286. The van der Waals surface area contributed by atoms with Gasteiger partial charge in [-0.3, -0.25) is 14.4 Å². The van der Waals surface area contributed by atoms with Gasteiger partial charge in [0.2, 0.25) is 5.91 Å². The number of carbonyl (C=O) groups is 3. The van der Waals surface area contributed by atoms with E-state index in [0.29, 0.717) is 11.4 Å². The minimum Gasteiger partial charge on any atom is -0.487 e. The maximum atomic E-state index is 12.9. The van der Waals surface area contributed by atoms with Crippen molar-refractivity contribution in [3.63, 3.8) is 0 Å². The maximum absolute atomic E-state index is 12.9. The number of halogens is 1. The number of likely N-dealkylation sites (tertiary alicyclic amines) is 1. The van der Waals surface area contributed by atoms with Gasteiger partial charge in [0, 0.05) is 23.7 Å². The standard InChI is InChI=1S/C21H21FN6O4/c1-11(22)21(31)28-9-15(10-28)32-14-4-2-3-13(7-14)24-16-8-17(25-20(30)12-5-6-12)26-27-18(16)19(23)29/h2-4,7-8,12,15H,1,5-6,9-10H2,(H2,23,29)(H2,24,25,26,30). The summed E-state index contributed by atoms with van der Waals surface area (Å²) in [6.45, 7) is 3.51. The van der Waals surface area contributed by atoms with Crippen molar-refractivity contribution in [2.45, 2.75) is 18.9 Å². The van der Waals surface area contributed by atoms with Gasteiger partial charge in [-0.25, -0.2) is 4.39 Å². The summed E-state index contributed by atoms with van der Waals surface area (Å²) >= 11 is 0. The number of nitrogens with two attached hydrogens (primary N) is 1. The second-order valence-corrected chi connectivity index (χ2v) is 7.63. The van der Waals surface area contributed by atoms with Gasteiger partial charge in [-0.05, 0) is 25.0 Å². The Bertz CT molecular complexity index is 1100. The lowest BCUT2D eigenvalue weighted by Crippen LogP contribution is -2.56. The zero-order chi connectivity index (χ0) is 22.8. The number of aromatic nitrogens is 2. The normalized spacial score (nSPS) is 15.5. The molecule has 2 aromatic rings. The predicted octanol–water partition coefficient (Wildman–Crippen LogP) is 1.74. The van der Waals surface area contributed by atoms with E-state index in [1.165, 1.54) is 11.0 Å². The Morgan fingerprint density at radius 1 is 1.19 bits per heavy atom. The van der Waals surface area contributed by atoms with Crippen molar-refractivity contribution < 1.29 is 23.5 Å². The van der Waals surface area contributed by atoms with E-state index in [1.54, 1.807) is 24.3 Å². The van der Waals surface area contributed by atoms with Crippen LogP contribution in [0.1, 0.15) is 23.3 Å². The van der Waals surface area contributed by atoms with Gasteiger partial charge in [-0.2, -0.15) is 0 Å². The van der Waals surface area contributed by atoms with Crippen molar-refractivity contribution in [1.29, 1.82) is 0 Å². The lowest BCUT2D eigenvalue weighted by Gasteiger charge is -2.38. The van der Waals surface area contributed by atoms with E-state index in [2.05, 4.69) is 27.4 Å². The minimum absolute atomic E-state index is 0.0152. The van der Waals surface area contributed by atoms with Crippen LogP contribution in [0.15, 0.2) is 42.7 Å². The molecule has 2 aliphatic rings. The van der Waals surface area contributed by atoms with Crippen LogP contribution in [0.4, 0.5) is 21.6 Å². The van der Waals surface area contributed by atoms with Crippen molar-refractivity contribution in [2.24, 2.45) is 11.7 Å². The van der Waals surface area contributed by atoms with Gasteiger partial charge in [0.25, 0.3) is 11.8 Å². The molecule has 4 N–H and O–H groups in total. The molecule has 1 saturated carbocycles. The zero-order valence-electron chi connectivity index (χ0n) is 17.0. The SMILES string of the molecule is C=C(F)C(=O)N1CC(Oc2cccc(Nc3cc(NC(=O)C4CC4)nnc3C(N)=O)c2)C1. The first-order valence-electron chi connectivity index (χ1n) is 9.96. The van der Waals surface area contributed by atoms with Crippen LogP contribution in [0.2, 0.25) is 0 Å². The molecule has 0 unspecified atom stereocenters. The summed E-state index contributed by atoms with van der Waals surface area (Å²) in [5.41, 5.74) is 6.16. The highest BCUT2D eigenvalue weighted by molar-refractivity contribution is 5.99. The molecule has 1 aromatic carbocycles. The molecule has 0 spiro atoms. The Morgan fingerprint density at radius 2 is 1.94 bits per heavy atom. The summed E-state index contributed by atoms with van der Waals surface area (Å²) in [6, 6.07) is 8.37. The van der Waals surface area contributed by atoms with Gasteiger partial charge < -0.3 is 26.0 Å². The Balaban J connectivity index is 1.44. The predicted molar refractivity (Wildman–Crippen MR) is 113 cm³/mol. The number of anilines is 3. The number of nitrogens with one attached hydrogen (secondary N) is 2. The van der Waals surface area contributed by atoms with Gasteiger partial charge in [0.05, 0.1) is 18.8 Å². The number of ether oxygens (including phenoxy) is 1. The molecule has 1 saturated heterocycles. The molecule has 0 radical (unpaired) electrons. The topological polar surface area (TPSA) is 140 Å². The van der Waals surface area contributed by atoms with Gasteiger partial charge in [0.15, 0.2) is 17.3 Å². The fourth-order valence-electron chi connectivity index (χ4n) is 3.15. The third kappa shape index (κ3) is 4.82. The molecular weight excluding hydrogens is 419 g/mol. The van der Waals surface area contributed by atoms with Crippen LogP contribution in [0.25, 0.3) is 0 Å². The second-order valence-electron chi connectivity index (χ2n) is 7.63. The zero-order valence-corrected chi connectivity index (χ0v) is 17.0. The average molecular weight is 440 g/mol. The van der Waals surface area contributed by atoms with Crippen LogP contribution in [0.3, 0.4) is 0 Å².